The molecule has 0 aliphatic rings. The van der Waals surface area contributed by atoms with Gasteiger partial charge in [-0.05, 0) is 26.0 Å². The van der Waals surface area contributed by atoms with Crippen LogP contribution in [0.15, 0.2) is 48.5 Å². The maximum Gasteiger partial charge on any atom is 0.339 e. The number of ketones is 1. The van der Waals surface area contributed by atoms with Gasteiger partial charge in [0.2, 0.25) is 5.78 Å². The van der Waals surface area contributed by atoms with Gasteiger partial charge in [0.05, 0.1) is 10.5 Å². The Hall–Kier alpha value is -3.48. The van der Waals surface area contributed by atoms with Crippen molar-refractivity contribution in [1.29, 1.82) is 0 Å². The summed E-state index contributed by atoms with van der Waals surface area (Å²) in [5.74, 6) is -1.12. The predicted octanol–water partition coefficient (Wildman–Crippen LogP) is 3.81. The van der Waals surface area contributed by atoms with Gasteiger partial charge in [-0.3, -0.25) is 14.9 Å². The van der Waals surface area contributed by atoms with E-state index in [1.54, 1.807) is 6.92 Å². The number of carbonyl (C=O) groups excluding carboxylic acids is 2. The quantitative estimate of drug-likeness (QED) is 0.325. The number of ether oxygens (including phenoxy) is 1. The number of para-hydroxylation sites is 1. The highest BCUT2D eigenvalue weighted by Gasteiger charge is 2.25. The number of aromatic nitrogens is 1. The van der Waals surface area contributed by atoms with Crippen LogP contribution in [-0.2, 0) is 4.74 Å². The number of esters is 1. The van der Waals surface area contributed by atoms with E-state index in [0.29, 0.717) is 11.3 Å². The SMILES string of the molecule is Cc1[nH]c2ccccc2c1C(=O)C(C)OC(=O)c1cccc([N+](=O)[O-])c1. The van der Waals surface area contributed by atoms with E-state index in [2.05, 4.69) is 4.98 Å². The van der Waals surface area contributed by atoms with Crippen molar-refractivity contribution in [2.75, 3.05) is 0 Å². The Balaban J connectivity index is 1.83. The first-order valence-corrected chi connectivity index (χ1v) is 7.95. The predicted molar refractivity (Wildman–Crippen MR) is 95.3 cm³/mol. The van der Waals surface area contributed by atoms with E-state index in [0.717, 1.165) is 17.0 Å². The van der Waals surface area contributed by atoms with Crippen LogP contribution in [0.4, 0.5) is 5.69 Å². The number of H-pyrrole nitrogens is 1. The molecule has 1 atom stereocenters. The van der Waals surface area contributed by atoms with E-state index in [1.807, 2.05) is 24.3 Å². The fraction of sp³-hybridized carbons (Fsp3) is 0.158. The largest absolute Gasteiger partial charge is 0.451 e. The third-order valence-electron chi connectivity index (χ3n) is 4.09. The number of fused-ring (bicyclic) bond motifs is 1. The Morgan fingerprint density at radius 3 is 2.62 bits per heavy atom. The number of carbonyl (C=O) groups is 2. The molecule has 1 unspecified atom stereocenters. The Morgan fingerprint density at radius 2 is 1.88 bits per heavy atom. The van der Waals surface area contributed by atoms with Gasteiger partial charge in [0, 0.05) is 34.3 Å². The zero-order valence-electron chi connectivity index (χ0n) is 14.2. The minimum atomic E-state index is -1.03. The average molecular weight is 352 g/mol. The lowest BCUT2D eigenvalue weighted by atomic mass is 10.0. The molecule has 1 aromatic heterocycles. The maximum atomic E-state index is 12.8. The summed E-state index contributed by atoms with van der Waals surface area (Å²) in [6, 6.07) is 12.6. The van der Waals surface area contributed by atoms with Crippen molar-refractivity contribution in [2.45, 2.75) is 20.0 Å². The van der Waals surface area contributed by atoms with Crippen LogP contribution in [0.3, 0.4) is 0 Å². The molecule has 0 saturated carbocycles. The first kappa shape index (κ1) is 17.3. The highest BCUT2D eigenvalue weighted by Crippen LogP contribution is 2.24. The third-order valence-corrected chi connectivity index (χ3v) is 4.09. The molecule has 7 nitrogen and oxygen atoms in total. The summed E-state index contributed by atoms with van der Waals surface area (Å²) in [5, 5.41) is 11.6. The van der Waals surface area contributed by atoms with Gasteiger partial charge in [0.15, 0.2) is 6.10 Å². The normalized spacial score (nSPS) is 11.9. The van der Waals surface area contributed by atoms with Crippen molar-refractivity contribution in [1.82, 2.24) is 4.98 Å². The lowest BCUT2D eigenvalue weighted by Crippen LogP contribution is -2.25. The van der Waals surface area contributed by atoms with Crippen LogP contribution in [0.5, 0.6) is 0 Å². The zero-order chi connectivity index (χ0) is 18.8. The molecule has 1 heterocycles. The van der Waals surface area contributed by atoms with E-state index in [1.165, 1.54) is 25.1 Å². The van der Waals surface area contributed by atoms with Crippen LogP contribution in [0.25, 0.3) is 10.9 Å². The summed E-state index contributed by atoms with van der Waals surface area (Å²) < 4.78 is 5.24. The lowest BCUT2D eigenvalue weighted by Gasteiger charge is -2.12. The summed E-state index contributed by atoms with van der Waals surface area (Å²) in [6.45, 7) is 3.27. The Bertz CT molecular complexity index is 1020. The minimum absolute atomic E-state index is 0.0227. The molecule has 1 N–H and O–H groups in total. The number of aromatic amines is 1. The molecule has 0 bridgehead atoms. The summed E-state index contributed by atoms with van der Waals surface area (Å²) in [5.41, 5.74) is 1.79. The number of hydrogen-bond donors (Lipinski definition) is 1. The number of nitro benzene ring substituents is 1. The van der Waals surface area contributed by atoms with Crippen molar-refractivity contribution in [3.8, 4) is 0 Å². The first-order chi connectivity index (χ1) is 12.4. The van der Waals surface area contributed by atoms with Crippen molar-refractivity contribution in [2.24, 2.45) is 0 Å². The van der Waals surface area contributed by atoms with Gasteiger partial charge >= 0.3 is 5.97 Å². The Kier molecular flexibility index (Phi) is 4.53. The van der Waals surface area contributed by atoms with E-state index in [-0.39, 0.29) is 17.0 Å². The molecule has 0 spiro atoms. The molecule has 3 aromatic rings. The fourth-order valence-corrected chi connectivity index (χ4v) is 2.83. The van der Waals surface area contributed by atoms with Crippen LogP contribution in [0, 0.1) is 17.0 Å². The van der Waals surface area contributed by atoms with E-state index < -0.39 is 17.0 Å². The smallest absolute Gasteiger partial charge is 0.339 e. The molecule has 0 aliphatic carbocycles. The second-order valence-corrected chi connectivity index (χ2v) is 5.89. The van der Waals surface area contributed by atoms with Gasteiger partial charge in [0.1, 0.15) is 0 Å². The van der Waals surface area contributed by atoms with Crippen LogP contribution < -0.4 is 0 Å². The number of benzene rings is 2. The molecule has 0 fully saturated rings. The molecule has 0 aliphatic heterocycles. The molecule has 0 amide bonds. The minimum Gasteiger partial charge on any atom is -0.451 e. The average Bonchev–Trinajstić information content (AvgIpc) is 2.96. The fourth-order valence-electron chi connectivity index (χ4n) is 2.83. The molecule has 2 aromatic carbocycles. The molecular weight excluding hydrogens is 336 g/mol. The molecule has 0 radical (unpaired) electrons. The number of nitrogens with one attached hydrogen (secondary N) is 1. The molecule has 132 valence electrons. The van der Waals surface area contributed by atoms with Crippen LogP contribution >= 0.6 is 0 Å². The van der Waals surface area contributed by atoms with Gasteiger partial charge in [0.25, 0.3) is 5.69 Å². The van der Waals surface area contributed by atoms with Crippen LogP contribution in [0.1, 0.15) is 33.3 Å². The summed E-state index contributed by atoms with van der Waals surface area (Å²) in [7, 11) is 0. The van der Waals surface area contributed by atoms with Crippen LogP contribution in [0.2, 0.25) is 0 Å². The van der Waals surface area contributed by atoms with Crippen molar-refractivity contribution in [3.63, 3.8) is 0 Å². The van der Waals surface area contributed by atoms with E-state index in [4.69, 9.17) is 4.74 Å². The highest BCUT2D eigenvalue weighted by molar-refractivity contribution is 6.11. The second kappa shape index (κ2) is 6.79. The van der Waals surface area contributed by atoms with E-state index >= 15 is 0 Å². The third kappa shape index (κ3) is 3.19. The van der Waals surface area contributed by atoms with Crippen molar-refractivity contribution in [3.05, 3.63) is 75.5 Å². The zero-order valence-corrected chi connectivity index (χ0v) is 14.2. The number of Topliss-reactive ketones (excluding diaryl/α,β-unsaturated/α-hetero) is 1. The number of rotatable bonds is 5. The molecule has 26 heavy (non-hydrogen) atoms. The number of hydrogen-bond acceptors (Lipinski definition) is 5. The standard InChI is InChI=1S/C19H16N2O5/c1-11-17(15-8-3-4-9-16(15)20-11)18(22)12(2)26-19(23)13-6-5-7-14(10-13)21(24)25/h3-10,12,20H,1-2H3. The van der Waals surface area contributed by atoms with Gasteiger partial charge in [-0.1, -0.05) is 24.3 Å². The molecule has 7 heteroatoms. The molecule has 0 saturated heterocycles. The number of nitro groups is 1. The number of non-ortho nitro benzene ring substituents is 1. The Labute approximate surface area is 148 Å². The van der Waals surface area contributed by atoms with E-state index in [9.17, 15) is 19.7 Å². The van der Waals surface area contributed by atoms with Crippen LogP contribution in [-0.4, -0.2) is 27.8 Å². The molecule has 3 rings (SSSR count). The van der Waals surface area contributed by atoms with Gasteiger partial charge in [-0.25, -0.2) is 4.79 Å². The van der Waals surface area contributed by atoms with Crippen molar-refractivity contribution >= 4 is 28.3 Å². The lowest BCUT2D eigenvalue weighted by molar-refractivity contribution is -0.384. The maximum absolute atomic E-state index is 12.8. The van der Waals surface area contributed by atoms with Gasteiger partial charge in [-0.2, -0.15) is 0 Å². The Morgan fingerprint density at radius 1 is 1.15 bits per heavy atom. The first-order valence-electron chi connectivity index (χ1n) is 7.95. The number of aryl methyl sites for hydroxylation is 1. The molecular formula is C19H16N2O5. The summed E-state index contributed by atoms with van der Waals surface area (Å²) >= 11 is 0. The van der Waals surface area contributed by atoms with Gasteiger partial charge < -0.3 is 9.72 Å². The van der Waals surface area contributed by atoms with Crippen molar-refractivity contribution < 1.29 is 19.2 Å². The topological polar surface area (TPSA) is 102 Å². The summed E-state index contributed by atoms with van der Waals surface area (Å²) in [6.07, 6.45) is -1.03. The summed E-state index contributed by atoms with van der Waals surface area (Å²) in [4.78, 5) is 38.4. The van der Waals surface area contributed by atoms with Gasteiger partial charge in [-0.15, -0.1) is 0 Å². The monoisotopic (exact) mass is 352 g/mol. The second-order valence-electron chi connectivity index (χ2n) is 5.89. The number of nitrogens with zero attached hydrogens (tertiary/aromatic N) is 1. The highest BCUT2D eigenvalue weighted by atomic mass is 16.6.